The Balaban J connectivity index is 2.18. The summed E-state index contributed by atoms with van der Waals surface area (Å²) in [5, 5.41) is 10.1. The zero-order chi connectivity index (χ0) is 12.7. The van der Waals surface area contributed by atoms with E-state index in [-0.39, 0.29) is 6.10 Å². The van der Waals surface area contributed by atoms with Crippen molar-refractivity contribution < 1.29 is 5.11 Å². The van der Waals surface area contributed by atoms with Crippen LogP contribution >= 0.6 is 15.9 Å². The van der Waals surface area contributed by atoms with Crippen molar-refractivity contribution in [1.29, 1.82) is 0 Å². The SMILES string of the molecule is Cc1cc2c(n1-c1cncc(Br)c1)CCCC2O. The van der Waals surface area contributed by atoms with Crippen LogP contribution in [0.4, 0.5) is 0 Å². The number of aliphatic hydroxyl groups is 1. The molecule has 4 heteroatoms. The Morgan fingerprint density at radius 3 is 3.00 bits per heavy atom. The highest BCUT2D eigenvalue weighted by atomic mass is 79.9. The highest BCUT2D eigenvalue weighted by molar-refractivity contribution is 9.10. The molecule has 0 bridgehead atoms. The van der Waals surface area contributed by atoms with Gasteiger partial charge in [-0.15, -0.1) is 0 Å². The molecule has 2 heterocycles. The maximum atomic E-state index is 10.1. The fourth-order valence-electron chi connectivity index (χ4n) is 2.76. The van der Waals surface area contributed by atoms with Gasteiger partial charge in [-0.25, -0.2) is 0 Å². The molecule has 0 aliphatic heterocycles. The molecule has 3 nitrogen and oxygen atoms in total. The molecular weight excluding hydrogens is 292 g/mol. The molecule has 1 aliphatic rings. The summed E-state index contributed by atoms with van der Waals surface area (Å²) in [6, 6.07) is 4.15. The molecule has 0 aromatic carbocycles. The summed E-state index contributed by atoms with van der Waals surface area (Å²) in [5.41, 5.74) is 4.52. The smallest absolute Gasteiger partial charge is 0.0807 e. The van der Waals surface area contributed by atoms with Crippen LogP contribution in [-0.4, -0.2) is 14.7 Å². The minimum Gasteiger partial charge on any atom is -0.388 e. The van der Waals surface area contributed by atoms with E-state index in [1.165, 1.54) is 5.69 Å². The number of halogens is 1. The number of nitrogens with zero attached hydrogens (tertiary/aromatic N) is 2. The average molecular weight is 307 g/mol. The Bertz CT molecular complexity index is 591. The molecule has 2 aromatic rings. The van der Waals surface area contributed by atoms with E-state index in [4.69, 9.17) is 0 Å². The molecule has 1 unspecified atom stereocenters. The van der Waals surface area contributed by atoms with Gasteiger partial charge in [-0.3, -0.25) is 4.98 Å². The number of aliphatic hydroxyl groups excluding tert-OH is 1. The van der Waals surface area contributed by atoms with Crippen molar-refractivity contribution in [3.8, 4) is 5.69 Å². The molecule has 1 atom stereocenters. The van der Waals surface area contributed by atoms with Crippen molar-refractivity contribution >= 4 is 15.9 Å². The van der Waals surface area contributed by atoms with Gasteiger partial charge in [0.15, 0.2) is 0 Å². The average Bonchev–Trinajstić information content (AvgIpc) is 2.67. The van der Waals surface area contributed by atoms with Gasteiger partial charge in [-0.05, 0) is 54.2 Å². The Morgan fingerprint density at radius 1 is 1.39 bits per heavy atom. The highest BCUT2D eigenvalue weighted by Gasteiger charge is 2.23. The number of hydrogen-bond acceptors (Lipinski definition) is 2. The van der Waals surface area contributed by atoms with Crippen LogP contribution in [0.3, 0.4) is 0 Å². The molecule has 2 aromatic heterocycles. The predicted octanol–water partition coefficient (Wildman–Crippen LogP) is 3.31. The van der Waals surface area contributed by atoms with Crippen molar-refractivity contribution in [1.82, 2.24) is 9.55 Å². The molecular formula is C14H15BrN2O. The monoisotopic (exact) mass is 306 g/mol. The minimum atomic E-state index is -0.311. The Kier molecular flexibility index (Phi) is 2.99. The lowest BCUT2D eigenvalue weighted by Crippen LogP contribution is -2.11. The quantitative estimate of drug-likeness (QED) is 0.878. The molecule has 0 saturated carbocycles. The van der Waals surface area contributed by atoms with Gasteiger partial charge in [0.25, 0.3) is 0 Å². The van der Waals surface area contributed by atoms with Crippen LogP contribution in [0, 0.1) is 6.92 Å². The maximum absolute atomic E-state index is 10.1. The molecule has 18 heavy (non-hydrogen) atoms. The van der Waals surface area contributed by atoms with Gasteiger partial charge >= 0.3 is 0 Å². The zero-order valence-corrected chi connectivity index (χ0v) is 11.8. The molecule has 0 fully saturated rings. The molecule has 1 aliphatic carbocycles. The highest BCUT2D eigenvalue weighted by Crippen LogP contribution is 2.34. The Hall–Kier alpha value is -1.13. The number of aromatic nitrogens is 2. The van der Waals surface area contributed by atoms with Gasteiger partial charge in [0.1, 0.15) is 0 Å². The lowest BCUT2D eigenvalue weighted by molar-refractivity contribution is 0.156. The van der Waals surface area contributed by atoms with E-state index >= 15 is 0 Å². The summed E-state index contributed by atoms with van der Waals surface area (Å²) in [5.74, 6) is 0. The van der Waals surface area contributed by atoms with Gasteiger partial charge < -0.3 is 9.67 Å². The van der Waals surface area contributed by atoms with Crippen LogP contribution in [0.25, 0.3) is 5.69 Å². The van der Waals surface area contributed by atoms with Crippen molar-refractivity contribution in [2.45, 2.75) is 32.3 Å². The van der Waals surface area contributed by atoms with Gasteiger partial charge in [0.2, 0.25) is 0 Å². The van der Waals surface area contributed by atoms with Crippen molar-refractivity contribution in [3.63, 3.8) is 0 Å². The first-order chi connectivity index (χ1) is 8.66. The number of rotatable bonds is 1. The van der Waals surface area contributed by atoms with Crippen LogP contribution in [0.5, 0.6) is 0 Å². The third-order valence-corrected chi connectivity index (χ3v) is 3.95. The minimum absolute atomic E-state index is 0.311. The van der Waals surface area contributed by atoms with Crippen LogP contribution in [-0.2, 0) is 6.42 Å². The van der Waals surface area contributed by atoms with Crippen LogP contribution in [0.1, 0.15) is 35.9 Å². The van der Waals surface area contributed by atoms with Gasteiger partial charge in [-0.2, -0.15) is 0 Å². The summed E-state index contributed by atoms with van der Waals surface area (Å²) in [6.45, 7) is 2.08. The van der Waals surface area contributed by atoms with Crippen LogP contribution in [0.15, 0.2) is 29.0 Å². The van der Waals surface area contributed by atoms with Crippen LogP contribution < -0.4 is 0 Å². The number of pyridine rings is 1. The summed E-state index contributed by atoms with van der Waals surface area (Å²) in [6.07, 6.45) is 6.26. The normalized spacial score (nSPS) is 18.7. The second kappa shape index (κ2) is 4.52. The van der Waals surface area contributed by atoms with E-state index in [2.05, 4.69) is 44.5 Å². The second-order valence-electron chi connectivity index (χ2n) is 4.79. The molecule has 0 amide bonds. The van der Waals surface area contributed by atoms with E-state index in [1.807, 2.05) is 6.20 Å². The first-order valence-electron chi connectivity index (χ1n) is 6.17. The fraction of sp³-hybridized carbons (Fsp3) is 0.357. The summed E-state index contributed by atoms with van der Waals surface area (Å²) in [4.78, 5) is 4.22. The summed E-state index contributed by atoms with van der Waals surface area (Å²) >= 11 is 3.45. The maximum Gasteiger partial charge on any atom is 0.0807 e. The lowest BCUT2D eigenvalue weighted by Gasteiger charge is -2.20. The molecule has 0 saturated heterocycles. The Labute approximate surface area is 115 Å². The van der Waals surface area contributed by atoms with E-state index in [9.17, 15) is 5.11 Å². The summed E-state index contributed by atoms with van der Waals surface area (Å²) < 4.78 is 3.17. The van der Waals surface area contributed by atoms with Gasteiger partial charge in [0, 0.05) is 27.6 Å². The van der Waals surface area contributed by atoms with Crippen molar-refractivity contribution in [3.05, 3.63) is 46.0 Å². The van der Waals surface area contributed by atoms with E-state index in [1.54, 1.807) is 6.20 Å². The molecule has 94 valence electrons. The number of aryl methyl sites for hydroxylation is 1. The second-order valence-corrected chi connectivity index (χ2v) is 5.71. The summed E-state index contributed by atoms with van der Waals surface area (Å²) in [7, 11) is 0. The molecule has 1 N–H and O–H groups in total. The van der Waals surface area contributed by atoms with E-state index < -0.39 is 0 Å². The first-order valence-corrected chi connectivity index (χ1v) is 6.96. The van der Waals surface area contributed by atoms with Crippen molar-refractivity contribution in [2.24, 2.45) is 0 Å². The van der Waals surface area contributed by atoms with Crippen LogP contribution in [0.2, 0.25) is 0 Å². The molecule has 3 rings (SSSR count). The number of fused-ring (bicyclic) bond motifs is 1. The topological polar surface area (TPSA) is 38.0 Å². The predicted molar refractivity (Wildman–Crippen MR) is 73.9 cm³/mol. The number of hydrogen-bond donors (Lipinski definition) is 1. The third kappa shape index (κ3) is 1.89. The zero-order valence-electron chi connectivity index (χ0n) is 10.2. The lowest BCUT2D eigenvalue weighted by atomic mass is 9.95. The standard InChI is InChI=1S/C14H15BrN2O/c1-9-5-12-13(3-2-4-14(12)18)17(9)11-6-10(15)7-16-8-11/h5-8,14,18H,2-4H2,1H3. The molecule has 0 spiro atoms. The Morgan fingerprint density at radius 2 is 2.22 bits per heavy atom. The van der Waals surface area contributed by atoms with Gasteiger partial charge in [-0.1, -0.05) is 0 Å². The third-order valence-electron chi connectivity index (χ3n) is 3.52. The first kappa shape index (κ1) is 11.9. The fourth-order valence-corrected chi connectivity index (χ4v) is 3.11. The largest absolute Gasteiger partial charge is 0.388 e. The van der Waals surface area contributed by atoms with E-state index in [0.717, 1.165) is 40.7 Å². The molecule has 0 radical (unpaired) electrons. The van der Waals surface area contributed by atoms with E-state index in [0.29, 0.717) is 0 Å². The van der Waals surface area contributed by atoms with Gasteiger partial charge in [0.05, 0.1) is 18.0 Å². The van der Waals surface area contributed by atoms with Crippen molar-refractivity contribution in [2.75, 3.05) is 0 Å².